The molecule has 0 spiro atoms. The zero-order chi connectivity index (χ0) is 37.9. The molecule has 0 aromatic heterocycles. The number of benzene rings is 3. The highest BCUT2D eigenvalue weighted by molar-refractivity contribution is 5.93. The molecule has 3 rings (SSSR count). The Hall–Kier alpha value is -7.36. The molecule has 0 aliphatic carbocycles. The SMILES string of the molecule is C=CC(=O)OCOc1cc(OCOC(=O)C=C)cc(C(=O)Oc2ccc(OC(=O)c3cc(OCOC(=O)C=C)cc(OCOC(=O)C=C)c3)cc2)c1. The highest BCUT2D eigenvalue weighted by Crippen LogP contribution is 2.27. The molecule has 0 heterocycles. The third-order valence-corrected chi connectivity index (χ3v) is 5.85. The first kappa shape index (κ1) is 39.1. The summed E-state index contributed by atoms with van der Waals surface area (Å²) in [5, 5.41) is 0. The fourth-order valence-corrected chi connectivity index (χ4v) is 3.48. The monoisotopic (exact) mass is 718 g/mol. The molecule has 0 aliphatic heterocycles. The molecule has 0 unspecified atom stereocenters. The van der Waals surface area contributed by atoms with Crippen molar-refractivity contribution in [3.05, 3.63) is 122 Å². The van der Waals surface area contributed by atoms with Crippen molar-refractivity contribution in [2.75, 3.05) is 27.2 Å². The van der Waals surface area contributed by atoms with Crippen molar-refractivity contribution in [1.29, 1.82) is 0 Å². The van der Waals surface area contributed by atoms with Crippen molar-refractivity contribution < 1.29 is 76.1 Å². The number of esters is 6. The van der Waals surface area contributed by atoms with Crippen LogP contribution in [0.25, 0.3) is 0 Å². The second kappa shape index (κ2) is 20.2. The van der Waals surface area contributed by atoms with Crippen LogP contribution in [-0.2, 0) is 38.1 Å². The van der Waals surface area contributed by atoms with Crippen LogP contribution in [0.5, 0.6) is 34.5 Å². The summed E-state index contributed by atoms with van der Waals surface area (Å²) < 4.78 is 51.5. The summed E-state index contributed by atoms with van der Waals surface area (Å²) in [4.78, 5) is 71.5. The van der Waals surface area contributed by atoms with Gasteiger partial charge in [-0.2, -0.15) is 0 Å². The molecular formula is C36H30O16. The number of hydrogen-bond donors (Lipinski definition) is 0. The second-order valence-electron chi connectivity index (χ2n) is 9.36. The van der Waals surface area contributed by atoms with Gasteiger partial charge in [0.1, 0.15) is 34.5 Å². The fourth-order valence-electron chi connectivity index (χ4n) is 3.48. The van der Waals surface area contributed by atoms with Crippen molar-refractivity contribution in [2.24, 2.45) is 0 Å². The van der Waals surface area contributed by atoms with Crippen molar-refractivity contribution in [3.8, 4) is 34.5 Å². The molecule has 0 fully saturated rings. The molecule has 0 saturated carbocycles. The highest BCUT2D eigenvalue weighted by Gasteiger charge is 2.17. The summed E-state index contributed by atoms with van der Waals surface area (Å²) in [5.41, 5.74) is -0.126. The minimum Gasteiger partial charge on any atom is -0.457 e. The standard InChI is InChI=1S/C36H30O16/c1-5-31(37)47-19-43-27-13-23(14-28(17-27)44-20-48-32(38)6-2)35(41)51-25-9-11-26(12-10-25)52-36(42)24-15-29(45-21-49-33(39)7-3)18-30(16-24)46-22-50-34(40)8-4/h5-18H,1-4,19-22H2. The van der Waals surface area contributed by atoms with E-state index in [1.54, 1.807) is 0 Å². The topological polar surface area (TPSA) is 195 Å². The number of carbonyl (C=O) groups is 6. The maximum atomic E-state index is 13.0. The van der Waals surface area contributed by atoms with Gasteiger partial charge in [0.25, 0.3) is 0 Å². The quantitative estimate of drug-likeness (QED) is 0.0524. The maximum Gasteiger partial charge on any atom is 0.343 e. The van der Waals surface area contributed by atoms with Crippen LogP contribution in [0.2, 0.25) is 0 Å². The molecule has 16 heteroatoms. The Labute approximate surface area is 295 Å². The van der Waals surface area contributed by atoms with Crippen LogP contribution in [0.15, 0.2) is 111 Å². The molecular weight excluding hydrogens is 688 g/mol. The molecule has 0 amide bonds. The van der Waals surface area contributed by atoms with Crippen LogP contribution < -0.4 is 28.4 Å². The van der Waals surface area contributed by atoms with E-state index in [0.29, 0.717) is 0 Å². The van der Waals surface area contributed by atoms with Gasteiger partial charge in [-0.3, -0.25) is 0 Å². The summed E-state index contributed by atoms with van der Waals surface area (Å²) >= 11 is 0. The van der Waals surface area contributed by atoms with E-state index in [2.05, 4.69) is 26.3 Å². The summed E-state index contributed by atoms with van der Waals surface area (Å²) in [6.07, 6.45) is 3.75. The van der Waals surface area contributed by atoms with Gasteiger partial charge >= 0.3 is 35.8 Å². The predicted molar refractivity (Wildman–Crippen MR) is 176 cm³/mol. The molecule has 52 heavy (non-hydrogen) atoms. The smallest absolute Gasteiger partial charge is 0.343 e. The van der Waals surface area contributed by atoms with E-state index in [9.17, 15) is 28.8 Å². The molecule has 3 aromatic rings. The van der Waals surface area contributed by atoms with Crippen molar-refractivity contribution in [1.82, 2.24) is 0 Å². The Balaban J connectivity index is 1.71. The van der Waals surface area contributed by atoms with Crippen molar-refractivity contribution >= 4 is 35.8 Å². The highest BCUT2D eigenvalue weighted by atomic mass is 16.7. The number of rotatable bonds is 20. The van der Waals surface area contributed by atoms with E-state index in [4.69, 9.17) is 47.4 Å². The van der Waals surface area contributed by atoms with Crippen LogP contribution in [0.3, 0.4) is 0 Å². The van der Waals surface area contributed by atoms with E-state index >= 15 is 0 Å². The third-order valence-electron chi connectivity index (χ3n) is 5.85. The predicted octanol–water partition coefficient (Wildman–Crippen LogP) is 4.39. The van der Waals surface area contributed by atoms with Crippen molar-refractivity contribution in [3.63, 3.8) is 0 Å². The Bertz CT molecular complexity index is 1610. The lowest BCUT2D eigenvalue weighted by Crippen LogP contribution is -2.13. The normalized spacial score (nSPS) is 9.85. The summed E-state index contributed by atoms with van der Waals surface area (Å²) in [5.74, 6) is -4.46. The van der Waals surface area contributed by atoms with Crippen LogP contribution in [0.4, 0.5) is 0 Å². The summed E-state index contributed by atoms with van der Waals surface area (Å²) in [7, 11) is 0. The Morgan fingerprint density at radius 3 is 0.885 bits per heavy atom. The van der Waals surface area contributed by atoms with Gasteiger partial charge < -0.3 is 47.4 Å². The lowest BCUT2D eigenvalue weighted by atomic mass is 10.2. The minimum atomic E-state index is -0.867. The van der Waals surface area contributed by atoms with Gasteiger partial charge in [-0.15, -0.1) is 0 Å². The van der Waals surface area contributed by atoms with Crippen LogP contribution in [0.1, 0.15) is 20.7 Å². The number of carbonyl (C=O) groups excluding carboxylic acids is 6. The molecule has 0 atom stereocenters. The van der Waals surface area contributed by atoms with E-state index in [-0.39, 0.29) is 45.6 Å². The summed E-state index contributed by atoms with van der Waals surface area (Å²) in [6, 6.07) is 13.2. The van der Waals surface area contributed by atoms with Crippen LogP contribution in [0, 0.1) is 0 Å². The zero-order valence-electron chi connectivity index (χ0n) is 27.3. The van der Waals surface area contributed by atoms with Crippen LogP contribution >= 0.6 is 0 Å². The van der Waals surface area contributed by atoms with E-state index in [1.165, 1.54) is 60.7 Å². The summed E-state index contributed by atoms with van der Waals surface area (Å²) in [6.45, 7) is 11.1. The zero-order valence-corrected chi connectivity index (χ0v) is 27.3. The lowest BCUT2D eigenvalue weighted by molar-refractivity contribution is -0.145. The van der Waals surface area contributed by atoms with Gasteiger partial charge in [-0.05, 0) is 48.5 Å². The average molecular weight is 719 g/mol. The van der Waals surface area contributed by atoms with Crippen LogP contribution in [-0.4, -0.2) is 63.0 Å². The van der Waals surface area contributed by atoms with Gasteiger partial charge in [-0.1, -0.05) is 26.3 Å². The maximum absolute atomic E-state index is 13.0. The third kappa shape index (κ3) is 13.3. The fraction of sp³-hybridized carbons (Fsp3) is 0.111. The molecule has 0 N–H and O–H groups in total. The average Bonchev–Trinajstić information content (AvgIpc) is 3.15. The minimum absolute atomic E-state index is 0.0391. The Kier molecular flexibility index (Phi) is 15.2. The lowest BCUT2D eigenvalue weighted by Gasteiger charge is -2.13. The van der Waals surface area contributed by atoms with E-state index in [0.717, 1.165) is 24.3 Å². The Morgan fingerprint density at radius 2 is 0.654 bits per heavy atom. The van der Waals surface area contributed by atoms with E-state index in [1.807, 2.05) is 0 Å². The molecule has 0 bridgehead atoms. The second-order valence-corrected chi connectivity index (χ2v) is 9.36. The molecule has 0 radical (unpaired) electrons. The molecule has 270 valence electrons. The van der Waals surface area contributed by atoms with Gasteiger partial charge in [-0.25, -0.2) is 28.8 Å². The first-order chi connectivity index (χ1) is 25.0. The first-order valence-electron chi connectivity index (χ1n) is 14.6. The number of hydrogen-bond acceptors (Lipinski definition) is 16. The Morgan fingerprint density at radius 1 is 0.404 bits per heavy atom. The van der Waals surface area contributed by atoms with Gasteiger partial charge in [0.05, 0.1) is 11.1 Å². The molecule has 3 aromatic carbocycles. The number of ether oxygens (including phenoxy) is 10. The molecule has 0 saturated heterocycles. The first-order valence-corrected chi connectivity index (χ1v) is 14.6. The molecule has 0 aliphatic rings. The van der Waals surface area contributed by atoms with E-state index < -0.39 is 63.0 Å². The molecule has 16 nitrogen and oxygen atoms in total. The van der Waals surface area contributed by atoms with Crippen molar-refractivity contribution in [2.45, 2.75) is 0 Å². The van der Waals surface area contributed by atoms with Gasteiger partial charge in [0, 0.05) is 36.4 Å². The largest absolute Gasteiger partial charge is 0.457 e. The van der Waals surface area contributed by atoms with Gasteiger partial charge in [0.15, 0.2) is 0 Å². The van der Waals surface area contributed by atoms with Gasteiger partial charge in [0.2, 0.25) is 27.2 Å².